The predicted octanol–water partition coefficient (Wildman–Crippen LogP) is 3.37. The van der Waals surface area contributed by atoms with Gasteiger partial charge in [0, 0.05) is 37.0 Å². The number of carbonyl (C=O) groups excluding carboxylic acids is 1. The summed E-state index contributed by atoms with van der Waals surface area (Å²) in [6.07, 6.45) is 1.20. The Kier molecular flexibility index (Phi) is 6.53. The average molecular weight is 415 g/mol. The summed E-state index contributed by atoms with van der Waals surface area (Å²) in [5.41, 5.74) is 0.243. The quantitative estimate of drug-likeness (QED) is 0.586. The first kappa shape index (κ1) is 21.1. The standard InChI is InChI=1S/C21H22FN3O5/c1-13(12-26)29-16-8-14(21(27)23-20-6-7-25(2)24-20)9-17(10-16)30-15-4-5-19(28-3)18(22)11-15/h4-11,13,26H,12H2,1-3H3,(H,23,24,27)/t13-/m0/s1. The lowest BCUT2D eigenvalue weighted by Gasteiger charge is -2.15. The number of aliphatic hydroxyl groups excluding tert-OH is 1. The fourth-order valence-electron chi connectivity index (χ4n) is 2.62. The van der Waals surface area contributed by atoms with Crippen LogP contribution in [0.2, 0.25) is 0 Å². The van der Waals surface area contributed by atoms with Gasteiger partial charge in [-0.15, -0.1) is 0 Å². The zero-order valence-electron chi connectivity index (χ0n) is 16.8. The van der Waals surface area contributed by atoms with E-state index in [0.717, 1.165) is 0 Å². The molecule has 1 amide bonds. The smallest absolute Gasteiger partial charge is 0.257 e. The molecule has 158 valence electrons. The fourth-order valence-corrected chi connectivity index (χ4v) is 2.62. The Morgan fingerprint density at radius 2 is 1.97 bits per heavy atom. The molecule has 0 radical (unpaired) electrons. The zero-order valence-corrected chi connectivity index (χ0v) is 16.8. The number of rotatable bonds is 8. The van der Waals surface area contributed by atoms with Crippen molar-refractivity contribution in [3.8, 4) is 23.0 Å². The number of halogens is 1. The Morgan fingerprint density at radius 3 is 2.60 bits per heavy atom. The molecule has 0 fully saturated rings. The zero-order chi connectivity index (χ0) is 21.7. The van der Waals surface area contributed by atoms with Gasteiger partial charge in [-0.2, -0.15) is 5.10 Å². The highest BCUT2D eigenvalue weighted by Gasteiger charge is 2.14. The average Bonchev–Trinajstić information content (AvgIpc) is 3.12. The second-order valence-corrected chi connectivity index (χ2v) is 6.53. The Bertz CT molecular complexity index is 1040. The molecule has 0 saturated heterocycles. The first-order valence-electron chi connectivity index (χ1n) is 9.13. The second kappa shape index (κ2) is 9.27. The summed E-state index contributed by atoms with van der Waals surface area (Å²) in [6, 6.07) is 10.4. The molecular formula is C21H22FN3O5. The lowest BCUT2D eigenvalue weighted by Crippen LogP contribution is -2.17. The van der Waals surface area contributed by atoms with E-state index in [2.05, 4.69) is 10.4 Å². The van der Waals surface area contributed by atoms with Crippen molar-refractivity contribution < 1.29 is 28.5 Å². The van der Waals surface area contributed by atoms with Crippen LogP contribution in [0.5, 0.6) is 23.0 Å². The highest BCUT2D eigenvalue weighted by molar-refractivity contribution is 6.04. The molecule has 1 aromatic heterocycles. The largest absolute Gasteiger partial charge is 0.494 e. The van der Waals surface area contributed by atoms with Gasteiger partial charge < -0.3 is 24.6 Å². The van der Waals surface area contributed by atoms with E-state index in [4.69, 9.17) is 14.2 Å². The van der Waals surface area contributed by atoms with Crippen LogP contribution in [0.1, 0.15) is 17.3 Å². The molecule has 0 unspecified atom stereocenters. The van der Waals surface area contributed by atoms with Crippen molar-refractivity contribution in [1.29, 1.82) is 0 Å². The number of nitrogens with zero attached hydrogens (tertiary/aromatic N) is 2. The SMILES string of the molecule is COc1ccc(Oc2cc(O[C@@H](C)CO)cc(C(=O)Nc3ccn(C)n3)c2)cc1F. The predicted molar refractivity (Wildman–Crippen MR) is 108 cm³/mol. The molecule has 0 aliphatic rings. The summed E-state index contributed by atoms with van der Waals surface area (Å²) in [6.45, 7) is 1.48. The van der Waals surface area contributed by atoms with Crippen LogP contribution in [-0.4, -0.2) is 40.6 Å². The van der Waals surface area contributed by atoms with Gasteiger partial charge in [-0.05, 0) is 31.2 Å². The molecule has 0 aliphatic carbocycles. The summed E-state index contributed by atoms with van der Waals surface area (Å²) in [7, 11) is 3.11. The van der Waals surface area contributed by atoms with Crippen molar-refractivity contribution >= 4 is 11.7 Å². The number of methoxy groups -OCH3 is 1. The highest BCUT2D eigenvalue weighted by Crippen LogP contribution is 2.30. The number of hydrogen-bond acceptors (Lipinski definition) is 6. The Balaban J connectivity index is 1.89. The molecule has 2 N–H and O–H groups in total. The van der Waals surface area contributed by atoms with Crippen LogP contribution in [0, 0.1) is 5.82 Å². The number of hydrogen-bond donors (Lipinski definition) is 2. The van der Waals surface area contributed by atoms with Crippen LogP contribution < -0.4 is 19.5 Å². The van der Waals surface area contributed by atoms with E-state index in [1.807, 2.05) is 0 Å². The van der Waals surface area contributed by atoms with E-state index in [1.165, 1.54) is 31.4 Å². The second-order valence-electron chi connectivity index (χ2n) is 6.53. The molecule has 1 heterocycles. The molecule has 30 heavy (non-hydrogen) atoms. The number of aromatic nitrogens is 2. The molecule has 3 rings (SSSR count). The monoisotopic (exact) mass is 415 g/mol. The normalized spacial score (nSPS) is 11.6. The molecule has 3 aromatic rings. The van der Waals surface area contributed by atoms with Crippen molar-refractivity contribution in [2.24, 2.45) is 7.05 Å². The van der Waals surface area contributed by atoms with Gasteiger partial charge in [-0.25, -0.2) is 4.39 Å². The topological polar surface area (TPSA) is 94.8 Å². The lowest BCUT2D eigenvalue weighted by molar-refractivity contribution is 0.102. The molecule has 9 heteroatoms. The summed E-state index contributed by atoms with van der Waals surface area (Å²) in [5, 5.41) is 16.0. The van der Waals surface area contributed by atoms with Gasteiger partial charge in [0.1, 0.15) is 23.4 Å². The van der Waals surface area contributed by atoms with Gasteiger partial charge in [0.2, 0.25) is 0 Å². The maximum Gasteiger partial charge on any atom is 0.257 e. The van der Waals surface area contributed by atoms with Crippen LogP contribution in [-0.2, 0) is 7.05 Å². The van der Waals surface area contributed by atoms with E-state index in [1.54, 1.807) is 43.0 Å². The fraction of sp³-hybridized carbons (Fsp3) is 0.238. The Morgan fingerprint density at radius 1 is 1.20 bits per heavy atom. The third-order valence-electron chi connectivity index (χ3n) is 4.05. The number of nitrogens with one attached hydrogen (secondary N) is 1. The maximum atomic E-state index is 14.0. The third kappa shape index (κ3) is 5.26. The first-order valence-corrected chi connectivity index (χ1v) is 9.13. The van der Waals surface area contributed by atoms with E-state index in [0.29, 0.717) is 11.6 Å². The molecule has 0 bridgehead atoms. The molecule has 8 nitrogen and oxygen atoms in total. The van der Waals surface area contributed by atoms with Crippen LogP contribution in [0.15, 0.2) is 48.7 Å². The molecule has 2 aromatic carbocycles. The minimum Gasteiger partial charge on any atom is -0.494 e. The van der Waals surface area contributed by atoms with Crippen molar-refractivity contribution in [2.75, 3.05) is 19.0 Å². The van der Waals surface area contributed by atoms with Crippen LogP contribution in [0.4, 0.5) is 10.2 Å². The van der Waals surface area contributed by atoms with Crippen molar-refractivity contribution in [2.45, 2.75) is 13.0 Å². The van der Waals surface area contributed by atoms with Gasteiger partial charge in [0.15, 0.2) is 17.4 Å². The molecule has 0 saturated carbocycles. The third-order valence-corrected chi connectivity index (χ3v) is 4.05. The maximum absolute atomic E-state index is 14.0. The summed E-state index contributed by atoms with van der Waals surface area (Å²) in [4.78, 5) is 12.7. The van der Waals surface area contributed by atoms with Crippen molar-refractivity contribution in [3.63, 3.8) is 0 Å². The van der Waals surface area contributed by atoms with Crippen LogP contribution in [0.3, 0.4) is 0 Å². The molecule has 1 atom stereocenters. The van der Waals surface area contributed by atoms with E-state index in [9.17, 15) is 14.3 Å². The van der Waals surface area contributed by atoms with Crippen molar-refractivity contribution in [1.82, 2.24) is 9.78 Å². The number of ether oxygens (including phenoxy) is 3. The Hall–Kier alpha value is -3.59. The minimum absolute atomic E-state index is 0.0895. The number of aliphatic hydroxyl groups is 1. The molecule has 0 aliphatic heterocycles. The molecular weight excluding hydrogens is 393 g/mol. The number of amides is 1. The van der Waals surface area contributed by atoms with Gasteiger partial charge in [0.25, 0.3) is 5.91 Å². The van der Waals surface area contributed by atoms with Crippen LogP contribution in [0.25, 0.3) is 0 Å². The van der Waals surface area contributed by atoms with Gasteiger partial charge in [-0.1, -0.05) is 0 Å². The van der Waals surface area contributed by atoms with E-state index >= 15 is 0 Å². The highest BCUT2D eigenvalue weighted by atomic mass is 19.1. The van der Waals surface area contributed by atoms with E-state index < -0.39 is 17.8 Å². The minimum atomic E-state index is -0.579. The number of benzene rings is 2. The van der Waals surface area contributed by atoms with Crippen molar-refractivity contribution in [3.05, 3.63) is 60.0 Å². The number of carbonyl (C=O) groups is 1. The summed E-state index contributed by atoms with van der Waals surface area (Å²) in [5.74, 6) is 0.259. The van der Waals surface area contributed by atoms with E-state index in [-0.39, 0.29) is 29.4 Å². The summed E-state index contributed by atoms with van der Waals surface area (Å²) >= 11 is 0. The van der Waals surface area contributed by atoms with Crippen LogP contribution >= 0.6 is 0 Å². The first-order chi connectivity index (χ1) is 14.4. The lowest BCUT2D eigenvalue weighted by atomic mass is 10.2. The summed E-state index contributed by atoms with van der Waals surface area (Å²) < 4.78 is 31.8. The van der Waals surface area contributed by atoms with Gasteiger partial charge in [-0.3, -0.25) is 9.48 Å². The number of aryl methyl sites for hydroxylation is 1. The van der Waals surface area contributed by atoms with Gasteiger partial charge >= 0.3 is 0 Å². The number of anilines is 1. The Labute approximate surface area is 172 Å². The molecule has 0 spiro atoms. The van der Waals surface area contributed by atoms with Gasteiger partial charge in [0.05, 0.1) is 13.7 Å².